The fraction of sp³-hybridized carbons (Fsp3) is 0.643. The largest absolute Gasteiger partial charge is 0.481 e. The summed E-state index contributed by atoms with van der Waals surface area (Å²) < 4.78 is 5.52. The van der Waals surface area contributed by atoms with Gasteiger partial charge in [0.1, 0.15) is 0 Å². The number of anilines is 1. The van der Waals surface area contributed by atoms with E-state index in [2.05, 4.69) is 15.3 Å². The van der Waals surface area contributed by atoms with Crippen LogP contribution < -0.4 is 10.1 Å². The first-order chi connectivity index (χ1) is 9.58. The highest BCUT2D eigenvalue weighted by Crippen LogP contribution is 2.27. The Bertz CT molecular complexity index is 479. The number of carbonyl (C=O) groups is 1. The zero-order chi connectivity index (χ0) is 14.5. The molecule has 0 amide bonds. The Morgan fingerprint density at radius 1 is 1.50 bits per heavy atom. The van der Waals surface area contributed by atoms with E-state index in [0.717, 1.165) is 18.5 Å². The molecular formula is C14H21N3O3. The molecule has 0 aliphatic heterocycles. The first kappa shape index (κ1) is 14.6. The summed E-state index contributed by atoms with van der Waals surface area (Å²) in [6.07, 6.45) is 3.09. The van der Waals surface area contributed by atoms with E-state index in [1.54, 1.807) is 6.07 Å². The molecule has 0 aromatic carbocycles. The third kappa shape index (κ3) is 3.82. The van der Waals surface area contributed by atoms with Gasteiger partial charge in [-0.2, -0.15) is 4.98 Å². The normalized spacial score (nSPS) is 21.7. The quantitative estimate of drug-likeness (QED) is 0.830. The minimum Gasteiger partial charge on any atom is -0.481 e. The van der Waals surface area contributed by atoms with Crippen molar-refractivity contribution in [2.24, 2.45) is 5.92 Å². The monoisotopic (exact) mass is 279 g/mol. The molecule has 1 aliphatic carbocycles. The molecule has 1 heterocycles. The van der Waals surface area contributed by atoms with Gasteiger partial charge < -0.3 is 15.2 Å². The van der Waals surface area contributed by atoms with Crippen LogP contribution in [0.5, 0.6) is 5.88 Å². The molecule has 1 saturated carbocycles. The van der Waals surface area contributed by atoms with E-state index in [1.165, 1.54) is 0 Å². The molecule has 110 valence electrons. The second-order valence-corrected chi connectivity index (χ2v) is 5.21. The third-order valence-corrected chi connectivity index (χ3v) is 3.40. The van der Waals surface area contributed by atoms with Crippen LogP contribution in [0.1, 0.15) is 38.3 Å². The summed E-state index contributed by atoms with van der Waals surface area (Å²) in [5.41, 5.74) is 0.835. The fourth-order valence-electron chi connectivity index (χ4n) is 2.40. The molecular weight excluding hydrogens is 258 g/mol. The van der Waals surface area contributed by atoms with Crippen molar-refractivity contribution in [3.8, 4) is 5.88 Å². The smallest absolute Gasteiger partial charge is 0.306 e. The van der Waals surface area contributed by atoms with Crippen LogP contribution >= 0.6 is 0 Å². The van der Waals surface area contributed by atoms with E-state index in [-0.39, 0.29) is 12.0 Å². The molecule has 0 spiro atoms. The molecule has 1 aromatic rings. The zero-order valence-electron chi connectivity index (χ0n) is 11.9. The van der Waals surface area contributed by atoms with Crippen molar-refractivity contribution in [2.75, 3.05) is 11.9 Å². The van der Waals surface area contributed by atoms with Gasteiger partial charge in [-0.05, 0) is 32.6 Å². The van der Waals surface area contributed by atoms with E-state index in [0.29, 0.717) is 31.3 Å². The van der Waals surface area contributed by atoms with Gasteiger partial charge in [-0.25, -0.2) is 4.98 Å². The second-order valence-electron chi connectivity index (χ2n) is 5.21. The Labute approximate surface area is 118 Å². The molecule has 2 atom stereocenters. The molecule has 20 heavy (non-hydrogen) atoms. The third-order valence-electron chi connectivity index (χ3n) is 3.40. The van der Waals surface area contributed by atoms with Crippen LogP contribution in [0, 0.1) is 12.8 Å². The average Bonchev–Trinajstić information content (AvgIpc) is 2.84. The van der Waals surface area contributed by atoms with Crippen LogP contribution in [0.4, 0.5) is 5.95 Å². The number of nitrogens with one attached hydrogen (secondary N) is 1. The van der Waals surface area contributed by atoms with Gasteiger partial charge in [0.25, 0.3) is 0 Å². The van der Waals surface area contributed by atoms with Gasteiger partial charge in [-0.15, -0.1) is 0 Å². The van der Waals surface area contributed by atoms with Gasteiger partial charge in [-0.1, -0.05) is 6.92 Å². The van der Waals surface area contributed by atoms with Gasteiger partial charge in [0, 0.05) is 17.8 Å². The highest BCUT2D eigenvalue weighted by atomic mass is 16.5. The van der Waals surface area contributed by atoms with E-state index >= 15 is 0 Å². The number of aromatic nitrogens is 2. The van der Waals surface area contributed by atoms with Crippen molar-refractivity contribution >= 4 is 11.9 Å². The number of rotatable bonds is 6. The van der Waals surface area contributed by atoms with Crippen LogP contribution in [-0.2, 0) is 4.79 Å². The van der Waals surface area contributed by atoms with Gasteiger partial charge >= 0.3 is 5.97 Å². The van der Waals surface area contributed by atoms with E-state index in [4.69, 9.17) is 9.84 Å². The minimum absolute atomic E-state index is 0.122. The molecule has 2 N–H and O–H groups in total. The number of aliphatic carboxylic acids is 1. The first-order valence-corrected chi connectivity index (χ1v) is 7.06. The standard InChI is InChI=1S/C14H21N3O3/c1-3-6-20-12-7-9(2)15-14(17-12)16-11-5-4-10(8-11)13(18)19/h7,10-11H,3-6,8H2,1-2H3,(H,18,19)(H,15,16,17). The molecule has 6 heteroatoms. The lowest BCUT2D eigenvalue weighted by atomic mass is 10.1. The summed E-state index contributed by atoms with van der Waals surface area (Å²) in [6, 6.07) is 1.92. The minimum atomic E-state index is -0.716. The SMILES string of the molecule is CCCOc1cc(C)nc(NC2CCC(C(=O)O)C2)n1. The topological polar surface area (TPSA) is 84.3 Å². The predicted octanol–water partition coefficient (Wildman–Crippen LogP) is 2.24. The summed E-state index contributed by atoms with van der Waals surface area (Å²) >= 11 is 0. The van der Waals surface area contributed by atoms with E-state index in [9.17, 15) is 4.79 Å². The molecule has 2 unspecified atom stereocenters. The Morgan fingerprint density at radius 3 is 2.95 bits per heavy atom. The Balaban J connectivity index is 1.99. The van der Waals surface area contributed by atoms with Crippen LogP contribution in [0.2, 0.25) is 0 Å². The fourth-order valence-corrected chi connectivity index (χ4v) is 2.40. The van der Waals surface area contributed by atoms with Gasteiger partial charge in [0.2, 0.25) is 11.8 Å². The number of hydrogen-bond donors (Lipinski definition) is 2. The molecule has 1 aromatic heterocycles. The van der Waals surface area contributed by atoms with E-state index in [1.807, 2.05) is 13.8 Å². The maximum absolute atomic E-state index is 10.9. The lowest BCUT2D eigenvalue weighted by Crippen LogP contribution is -2.19. The Kier molecular flexibility index (Phi) is 4.76. The number of ether oxygens (including phenoxy) is 1. The highest BCUT2D eigenvalue weighted by molar-refractivity contribution is 5.70. The number of carboxylic acids is 1. The summed E-state index contributed by atoms with van der Waals surface area (Å²) in [5, 5.41) is 12.2. The second kappa shape index (κ2) is 6.54. The maximum Gasteiger partial charge on any atom is 0.306 e. The van der Waals surface area contributed by atoms with Crippen molar-refractivity contribution < 1.29 is 14.6 Å². The van der Waals surface area contributed by atoms with Crippen molar-refractivity contribution in [3.05, 3.63) is 11.8 Å². The highest BCUT2D eigenvalue weighted by Gasteiger charge is 2.30. The summed E-state index contributed by atoms with van der Waals surface area (Å²) in [4.78, 5) is 19.6. The van der Waals surface area contributed by atoms with Crippen molar-refractivity contribution in [2.45, 2.75) is 45.6 Å². The number of nitrogens with zero attached hydrogens (tertiary/aromatic N) is 2. The van der Waals surface area contributed by atoms with Crippen LogP contribution in [-0.4, -0.2) is 33.7 Å². The molecule has 1 aliphatic rings. The zero-order valence-corrected chi connectivity index (χ0v) is 11.9. The van der Waals surface area contributed by atoms with Crippen molar-refractivity contribution in [1.29, 1.82) is 0 Å². The van der Waals surface area contributed by atoms with Crippen molar-refractivity contribution in [1.82, 2.24) is 9.97 Å². The maximum atomic E-state index is 10.9. The Hall–Kier alpha value is -1.85. The average molecular weight is 279 g/mol. The number of aryl methyl sites for hydroxylation is 1. The molecule has 0 radical (unpaired) electrons. The predicted molar refractivity (Wildman–Crippen MR) is 74.9 cm³/mol. The summed E-state index contributed by atoms with van der Waals surface area (Å²) in [7, 11) is 0. The number of hydrogen-bond acceptors (Lipinski definition) is 5. The number of carboxylic acid groups (broad SMARTS) is 1. The van der Waals surface area contributed by atoms with Crippen LogP contribution in [0.15, 0.2) is 6.07 Å². The first-order valence-electron chi connectivity index (χ1n) is 7.06. The summed E-state index contributed by atoms with van der Waals surface area (Å²) in [5.74, 6) is 0.112. The molecule has 2 rings (SSSR count). The van der Waals surface area contributed by atoms with E-state index < -0.39 is 5.97 Å². The van der Waals surface area contributed by atoms with Crippen LogP contribution in [0.25, 0.3) is 0 Å². The Morgan fingerprint density at radius 2 is 2.30 bits per heavy atom. The van der Waals surface area contributed by atoms with Gasteiger partial charge in [0.05, 0.1) is 12.5 Å². The van der Waals surface area contributed by atoms with Gasteiger partial charge in [-0.3, -0.25) is 4.79 Å². The van der Waals surface area contributed by atoms with Gasteiger partial charge in [0.15, 0.2) is 0 Å². The molecule has 0 bridgehead atoms. The lowest BCUT2D eigenvalue weighted by Gasteiger charge is -2.13. The lowest BCUT2D eigenvalue weighted by molar-refractivity contribution is -0.141. The molecule has 0 saturated heterocycles. The van der Waals surface area contributed by atoms with Crippen molar-refractivity contribution in [3.63, 3.8) is 0 Å². The summed E-state index contributed by atoms with van der Waals surface area (Å²) in [6.45, 7) is 4.55. The van der Waals surface area contributed by atoms with Crippen LogP contribution in [0.3, 0.4) is 0 Å². The molecule has 1 fully saturated rings. The molecule has 6 nitrogen and oxygen atoms in total.